The third-order valence-electron chi connectivity index (χ3n) is 3.08. The van der Waals surface area contributed by atoms with Gasteiger partial charge in [0.15, 0.2) is 0 Å². The highest BCUT2D eigenvalue weighted by Gasteiger charge is 2.18. The fraction of sp³-hybridized carbons (Fsp3) is 0.312. The Balaban J connectivity index is 2.53. The summed E-state index contributed by atoms with van der Waals surface area (Å²) < 4.78 is 0. The van der Waals surface area contributed by atoms with Gasteiger partial charge in [0.1, 0.15) is 0 Å². The Morgan fingerprint density at radius 1 is 1.32 bits per heavy atom. The summed E-state index contributed by atoms with van der Waals surface area (Å²) >= 11 is 0. The number of benzene rings is 1. The van der Waals surface area contributed by atoms with Crippen molar-refractivity contribution in [1.82, 2.24) is 16.0 Å². The quantitative estimate of drug-likeness (QED) is 0.696. The van der Waals surface area contributed by atoms with Gasteiger partial charge in [-0.1, -0.05) is 18.2 Å². The SMILES string of the molecule is C=CCNC(=O)NC(=O)[C@@H](C)N[C@@H](C)c1ccc(C#N)cc1. The molecule has 0 aliphatic rings. The molecule has 0 bridgehead atoms. The average Bonchev–Trinajstić information content (AvgIpc) is 2.52. The number of carbonyl (C=O) groups is 2. The molecule has 6 nitrogen and oxygen atoms in total. The van der Waals surface area contributed by atoms with E-state index in [4.69, 9.17) is 5.26 Å². The van der Waals surface area contributed by atoms with Crippen LogP contribution in [0.5, 0.6) is 0 Å². The van der Waals surface area contributed by atoms with Gasteiger partial charge in [0.2, 0.25) is 5.91 Å². The van der Waals surface area contributed by atoms with E-state index in [2.05, 4.69) is 28.6 Å². The van der Waals surface area contributed by atoms with Crippen LogP contribution in [0.2, 0.25) is 0 Å². The second-order valence-electron chi connectivity index (χ2n) is 4.83. The average molecular weight is 300 g/mol. The Hall–Kier alpha value is -2.65. The van der Waals surface area contributed by atoms with Crippen LogP contribution in [0.25, 0.3) is 0 Å². The molecule has 116 valence electrons. The molecule has 0 aliphatic carbocycles. The van der Waals surface area contributed by atoms with Crippen LogP contribution < -0.4 is 16.0 Å². The van der Waals surface area contributed by atoms with Gasteiger partial charge in [-0.25, -0.2) is 4.79 Å². The van der Waals surface area contributed by atoms with Gasteiger partial charge < -0.3 is 5.32 Å². The molecule has 0 unspecified atom stereocenters. The van der Waals surface area contributed by atoms with Gasteiger partial charge in [-0.15, -0.1) is 6.58 Å². The van der Waals surface area contributed by atoms with Crippen molar-refractivity contribution in [3.8, 4) is 6.07 Å². The van der Waals surface area contributed by atoms with Crippen molar-refractivity contribution < 1.29 is 9.59 Å². The Labute approximate surface area is 130 Å². The van der Waals surface area contributed by atoms with Crippen LogP contribution in [-0.2, 0) is 4.79 Å². The number of nitrogens with one attached hydrogen (secondary N) is 3. The first-order chi connectivity index (χ1) is 10.5. The highest BCUT2D eigenvalue weighted by molar-refractivity contribution is 5.96. The van der Waals surface area contributed by atoms with E-state index in [9.17, 15) is 9.59 Å². The predicted molar refractivity (Wildman–Crippen MR) is 83.9 cm³/mol. The minimum absolute atomic E-state index is 0.0928. The number of nitriles is 1. The van der Waals surface area contributed by atoms with Gasteiger partial charge in [-0.3, -0.25) is 15.4 Å². The van der Waals surface area contributed by atoms with E-state index in [0.717, 1.165) is 5.56 Å². The van der Waals surface area contributed by atoms with Crippen LogP contribution in [-0.4, -0.2) is 24.5 Å². The Morgan fingerprint density at radius 3 is 2.50 bits per heavy atom. The molecule has 0 aromatic heterocycles. The van der Waals surface area contributed by atoms with Crippen molar-refractivity contribution in [2.75, 3.05) is 6.54 Å². The summed E-state index contributed by atoms with van der Waals surface area (Å²) in [6.45, 7) is 7.35. The summed E-state index contributed by atoms with van der Waals surface area (Å²) in [5, 5.41) is 16.6. The monoisotopic (exact) mass is 300 g/mol. The highest BCUT2D eigenvalue weighted by Crippen LogP contribution is 2.13. The molecule has 0 saturated carbocycles. The molecule has 6 heteroatoms. The lowest BCUT2D eigenvalue weighted by Crippen LogP contribution is -2.48. The van der Waals surface area contributed by atoms with Crippen molar-refractivity contribution in [2.45, 2.75) is 25.9 Å². The van der Waals surface area contributed by atoms with E-state index in [0.29, 0.717) is 12.1 Å². The molecular weight excluding hydrogens is 280 g/mol. The zero-order chi connectivity index (χ0) is 16.5. The number of amides is 3. The van der Waals surface area contributed by atoms with Gasteiger partial charge >= 0.3 is 6.03 Å². The van der Waals surface area contributed by atoms with Crippen LogP contribution in [0.1, 0.15) is 31.0 Å². The number of rotatable bonds is 6. The number of carbonyl (C=O) groups excluding carboxylic acids is 2. The van der Waals surface area contributed by atoms with Crippen LogP contribution in [0.15, 0.2) is 36.9 Å². The fourth-order valence-electron chi connectivity index (χ4n) is 1.82. The molecule has 0 aliphatic heterocycles. The van der Waals surface area contributed by atoms with Crippen molar-refractivity contribution in [3.63, 3.8) is 0 Å². The molecule has 0 heterocycles. The van der Waals surface area contributed by atoms with Crippen molar-refractivity contribution in [1.29, 1.82) is 5.26 Å². The summed E-state index contributed by atoms with van der Waals surface area (Å²) in [6, 6.07) is 7.98. The Morgan fingerprint density at radius 2 is 1.95 bits per heavy atom. The second kappa shape index (κ2) is 8.60. The first-order valence-corrected chi connectivity index (χ1v) is 6.93. The lowest BCUT2D eigenvalue weighted by atomic mass is 10.1. The lowest BCUT2D eigenvalue weighted by Gasteiger charge is -2.19. The maximum Gasteiger partial charge on any atom is 0.321 e. The van der Waals surface area contributed by atoms with E-state index in [-0.39, 0.29) is 6.04 Å². The minimum Gasteiger partial charge on any atom is -0.334 e. The number of hydrogen-bond acceptors (Lipinski definition) is 4. The topological polar surface area (TPSA) is 94.0 Å². The smallest absolute Gasteiger partial charge is 0.321 e. The second-order valence-corrected chi connectivity index (χ2v) is 4.83. The zero-order valence-corrected chi connectivity index (χ0v) is 12.7. The molecule has 1 aromatic rings. The lowest BCUT2D eigenvalue weighted by molar-refractivity contribution is -0.121. The van der Waals surface area contributed by atoms with Gasteiger partial charge in [0.25, 0.3) is 0 Å². The van der Waals surface area contributed by atoms with Crippen LogP contribution in [0, 0.1) is 11.3 Å². The Kier molecular flexibility index (Phi) is 6.80. The summed E-state index contributed by atoms with van der Waals surface area (Å²) in [6.07, 6.45) is 1.53. The third kappa shape index (κ3) is 5.38. The van der Waals surface area contributed by atoms with Gasteiger partial charge in [-0.2, -0.15) is 5.26 Å². The summed E-state index contributed by atoms with van der Waals surface area (Å²) in [5.74, 6) is -0.415. The number of urea groups is 1. The molecule has 0 saturated heterocycles. The van der Waals surface area contributed by atoms with Crippen LogP contribution in [0.3, 0.4) is 0 Å². The molecule has 0 radical (unpaired) electrons. The summed E-state index contributed by atoms with van der Waals surface area (Å²) in [7, 11) is 0. The maximum atomic E-state index is 11.9. The molecule has 3 N–H and O–H groups in total. The number of nitrogens with zero attached hydrogens (tertiary/aromatic N) is 1. The fourth-order valence-corrected chi connectivity index (χ4v) is 1.82. The molecule has 0 spiro atoms. The number of hydrogen-bond donors (Lipinski definition) is 3. The summed E-state index contributed by atoms with van der Waals surface area (Å²) in [5.41, 5.74) is 1.54. The highest BCUT2D eigenvalue weighted by atomic mass is 16.2. The van der Waals surface area contributed by atoms with E-state index in [1.54, 1.807) is 19.1 Å². The van der Waals surface area contributed by atoms with E-state index < -0.39 is 18.0 Å². The maximum absolute atomic E-state index is 11.9. The van der Waals surface area contributed by atoms with Crippen LogP contribution in [0.4, 0.5) is 4.79 Å². The standard InChI is InChI=1S/C16H20N4O2/c1-4-9-18-16(22)20-15(21)12(3)19-11(2)14-7-5-13(10-17)6-8-14/h4-8,11-12,19H,1,9H2,2-3H3,(H2,18,20,21,22)/t11-,12+/m0/s1. The van der Waals surface area contributed by atoms with Crippen molar-refractivity contribution in [3.05, 3.63) is 48.0 Å². The first-order valence-electron chi connectivity index (χ1n) is 6.93. The van der Waals surface area contributed by atoms with E-state index in [1.165, 1.54) is 6.08 Å². The van der Waals surface area contributed by atoms with Crippen LogP contribution >= 0.6 is 0 Å². The molecule has 2 atom stereocenters. The third-order valence-corrected chi connectivity index (χ3v) is 3.08. The predicted octanol–water partition coefficient (Wildman–Crippen LogP) is 1.61. The zero-order valence-electron chi connectivity index (χ0n) is 12.7. The molecule has 0 fully saturated rings. The van der Waals surface area contributed by atoms with Gasteiger partial charge in [0.05, 0.1) is 17.7 Å². The summed E-state index contributed by atoms with van der Waals surface area (Å²) in [4.78, 5) is 23.3. The minimum atomic E-state index is -0.551. The largest absolute Gasteiger partial charge is 0.334 e. The first kappa shape index (κ1) is 17.4. The molecule has 3 amide bonds. The van der Waals surface area contributed by atoms with Gasteiger partial charge in [0, 0.05) is 12.6 Å². The molecular formula is C16H20N4O2. The molecule has 1 rings (SSSR count). The van der Waals surface area contributed by atoms with Crippen molar-refractivity contribution >= 4 is 11.9 Å². The van der Waals surface area contributed by atoms with E-state index in [1.807, 2.05) is 19.1 Å². The van der Waals surface area contributed by atoms with Crippen molar-refractivity contribution in [2.24, 2.45) is 0 Å². The van der Waals surface area contributed by atoms with Gasteiger partial charge in [-0.05, 0) is 31.5 Å². The Bertz CT molecular complexity index is 575. The van der Waals surface area contributed by atoms with E-state index >= 15 is 0 Å². The number of imide groups is 1. The molecule has 1 aromatic carbocycles. The molecule has 22 heavy (non-hydrogen) atoms. The normalized spacial score (nSPS) is 12.6.